The molecule has 1 aromatic carbocycles. The van der Waals surface area contributed by atoms with Crippen molar-refractivity contribution in [2.75, 3.05) is 0 Å². The van der Waals surface area contributed by atoms with Gasteiger partial charge >= 0.3 is 6.18 Å². The Morgan fingerprint density at radius 2 is 2.04 bits per heavy atom. The van der Waals surface area contributed by atoms with Gasteiger partial charge in [-0.3, -0.25) is 0 Å². The lowest BCUT2D eigenvalue weighted by atomic mass is 10.1. The number of aromatic nitrogens is 4. The maximum Gasteiger partial charge on any atom is 0.416 e. The number of alkyl halides is 3. The SMILES string of the molecule is N#Cc1n[nH]nc1-c1cnc(/C=C/c2cccc(C(F)(F)F)c2)s1. The number of rotatable bonds is 3. The number of nitrogens with zero attached hydrogens (tertiary/aromatic N) is 4. The minimum Gasteiger partial charge on any atom is -0.244 e. The first-order valence-corrected chi connectivity index (χ1v) is 7.41. The van der Waals surface area contributed by atoms with Gasteiger partial charge in [-0.1, -0.05) is 18.2 Å². The van der Waals surface area contributed by atoms with Crippen LogP contribution in [0.5, 0.6) is 0 Å². The van der Waals surface area contributed by atoms with E-state index in [1.54, 1.807) is 18.2 Å². The summed E-state index contributed by atoms with van der Waals surface area (Å²) in [7, 11) is 0. The minimum atomic E-state index is -4.38. The maximum atomic E-state index is 12.7. The highest BCUT2D eigenvalue weighted by Crippen LogP contribution is 2.30. The van der Waals surface area contributed by atoms with Crippen LogP contribution in [0.15, 0.2) is 30.5 Å². The molecule has 0 saturated heterocycles. The molecule has 0 aliphatic heterocycles. The molecule has 0 atom stereocenters. The molecule has 5 nitrogen and oxygen atoms in total. The molecule has 0 aliphatic carbocycles. The molecule has 9 heteroatoms. The Hall–Kier alpha value is -2.99. The van der Waals surface area contributed by atoms with E-state index in [0.717, 1.165) is 12.1 Å². The molecule has 0 unspecified atom stereocenters. The normalized spacial score (nSPS) is 11.8. The van der Waals surface area contributed by atoms with Crippen LogP contribution in [0.3, 0.4) is 0 Å². The molecule has 0 spiro atoms. The molecule has 2 heterocycles. The van der Waals surface area contributed by atoms with Gasteiger partial charge in [0.15, 0.2) is 5.69 Å². The summed E-state index contributed by atoms with van der Waals surface area (Å²) >= 11 is 1.26. The van der Waals surface area contributed by atoms with Gasteiger partial charge in [-0.2, -0.15) is 28.7 Å². The molecule has 0 bridgehead atoms. The summed E-state index contributed by atoms with van der Waals surface area (Å²) in [5.74, 6) is 0. The van der Waals surface area contributed by atoms with Crippen LogP contribution in [-0.4, -0.2) is 20.4 Å². The van der Waals surface area contributed by atoms with Crippen LogP contribution in [0.25, 0.3) is 22.7 Å². The Kier molecular flexibility index (Phi) is 4.14. The summed E-state index contributed by atoms with van der Waals surface area (Å²) in [5, 5.41) is 19.5. The summed E-state index contributed by atoms with van der Waals surface area (Å²) < 4.78 is 38.1. The van der Waals surface area contributed by atoms with Crippen molar-refractivity contribution >= 4 is 23.5 Å². The maximum absolute atomic E-state index is 12.7. The molecule has 120 valence electrons. The molecule has 0 saturated carbocycles. The second-order valence-corrected chi connectivity index (χ2v) is 5.71. The van der Waals surface area contributed by atoms with Gasteiger partial charge < -0.3 is 0 Å². The fraction of sp³-hybridized carbons (Fsp3) is 0.0667. The first-order valence-electron chi connectivity index (χ1n) is 6.60. The lowest BCUT2D eigenvalue weighted by Crippen LogP contribution is -2.04. The standard InChI is InChI=1S/C15H8F3N5S/c16-15(17,18)10-3-1-2-9(6-10)4-5-13-20-8-12(24-13)14-11(7-19)21-23-22-14/h1-6,8H,(H,21,22,23)/b5-4+. The first kappa shape index (κ1) is 15.9. The molecule has 0 aliphatic rings. The molecule has 3 aromatic rings. The van der Waals surface area contributed by atoms with Gasteiger partial charge in [-0.25, -0.2) is 4.98 Å². The molecule has 24 heavy (non-hydrogen) atoms. The molecule has 0 fully saturated rings. The van der Waals surface area contributed by atoms with Crippen molar-refractivity contribution in [3.05, 3.63) is 52.3 Å². The summed E-state index contributed by atoms with van der Waals surface area (Å²) in [4.78, 5) is 4.79. The van der Waals surface area contributed by atoms with Gasteiger partial charge in [0, 0.05) is 6.20 Å². The number of hydrogen-bond acceptors (Lipinski definition) is 5. The van der Waals surface area contributed by atoms with Crippen LogP contribution in [0.2, 0.25) is 0 Å². The molecule has 0 radical (unpaired) electrons. The van der Waals surface area contributed by atoms with E-state index in [9.17, 15) is 13.2 Å². The van der Waals surface area contributed by atoms with Gasteiger partial charge in [0.2, 0.25) is 0 Å². The van der Waals surface area contributed by atoms with Crippen LogP contribution >= 0.6 is 11.3 Å². The zero-order valence-corrected chi connectivity index (χ0v) is 12.7. The van der Waals surface area contributed by atoms with E-state index in [0.29, 0.717) is 21.1 Å². The van der Waals surface area contributed by atoms with Gasteiger partial charge in [0.1, 0.15) is 16.8 Å². The number of benzene rings is 1. The smallest absolute Gasteiger partial charge is 0.244 e. The van der Waals surface area contributed by atoms with E-state index in [1.807, 2.05) is 6.07 Å². The van der Waals surface area contributed by atoms with Crippen molar-refractivity contribution in [3.8, 4) is 16.6 Å². The molecule has 3 rings (SSSR count). The number of nitrogens with one attached hydrogen (secondary N) is 1. The van der Waals surface area contributed by atoms with Crippen molar-refractivity contribution in [1.29, 1.82) is 5.26 Å². The average Bonchev–Trinajstić information content (AvgIpc) is 3.21. The van der Waals surface area contributed by atoms with E-state index in [4.69, 9.17) is 5.26 Å². The zero-order chi connectivity index (χ0) is 17.2. The molecule has 2 aromatic heterocycles. The third-order valence-corrected chi connectivity index (χ3v) is 4.01. The minimum absolute atomic E-state index is 0.159. The average molecular weight is 347 g/mol. The van der Waals surface area contributed by atoms with Crippen molar-refractivity contribution in [1.82, 2.24) is 20.4 Å². The van der Waals surface area contributed by atoms with Gasteiger partial charge in [0.05, 0.1) is 10.4 Å². The topological polar surface area (TPSA) is 78.2 Å². The highest BCUT2D eigenvalue weighted by Gasteiger charge is 2.30. The van der Waals surface area contributed by atoms with E-state index < -0.39 is 11.7 Å². The van der Waals surface area contributed by atoms with Crippen LogP contribution in [0.4, 0.5) is 13.2 Å². The van der Waals surface area contributed by atoms with Crippen molar-refractivity contribution in [2.45, 2.75) is 6.18 Å². The second kappa shape index (κ2) is 6.25. The van der Waals surface area contributed by atoms with E-state index in [1.165, 1.54) is 23.6 Å². The Morgan fingerprint density at radius 3 is 2.79 bits per heavy atom. The predicted octanol–water partition coefficient (Wildman–Crippen LogP) is 3.99. The number of hydrogen-bond donors (Lipinski definition) is 1. The highest BCUT2D eigenvalue weighted by atomic mass is 32.1. The van der Waals surface area contributed by atoms with Gasteiger partial charge in [-0.15, -0.1) is 16.4 Å². The van der Waals surface area contributed by atoms with Crippen molar-refractivity contribution in [3.63, 3.8) is 0 Å². The molecular formula is C15H8F3N5S. The second-order valence-electron chi connectivity index (χ2n) is 4.65. The van der Waals surface area contributed by atoms with E-state index >= 15 is 0 Å². The summed E-state index contributed by atoms with van der Waals surface area (Å²) in [6, 6.07) is 6.92. The Morgan fingerprint density at radius 1 is 1.21 bits per heavy atom. The van der Waals surface area contributed by atoms with Crippen LogP contribution in [-0.2, 0) is 6.18 Å². The predicted molar refractivity (Wildman–Crippen MR) is 82.6 cm³/mol. The Balaban J connectivity index is 1.83. The molecule has 1 N–H and O–H groups in total. The van der Waals surface area contributed by atoms with Crippen LogP contribution < -0.4 is 0 Å². The van der Waals surface area contributed by atoms with Crippen molar-refractivity contribution < 1.29 is 13.2 Å². The highest BCUT2D eigenvalue weighted by molar-refractivity contribution is 7.15. The number of aromatic amines is 1. The monoisotopic (exact) mass is 347 g/mol. The Labute approximate surface area is 138 Å². The van der Waals surface area contributed by atoms with Crippen molar-refractivity contribution in [2.24, 2.45) is 0 Å². The van der Waals surface area contributed by atoms with Gasteiger partial charge in [-0.05, 0) is 23.8 Å². The fourth-order valence-electron chi connectivity index (χ4n) is 1.94. The summed E-state index contributed by atoms with van der Waals surface area (Å²) in [6.45, 7) is 0. The first-order chi connectivity index (χ1) is 11.5. The quantitative estimate of drug-likeness (QED) is 0.777. The summed E-state index contributed by atoms with van der Waals surface area (Å²) in [5.41, 5.74) is 0.271. The lowest BCUT2D eigenvalue weighted by molar-refractivity contribution is -0.137. The lowest BCUT2D eigenvalue weighted by Gasteiger charge is -2.06. The van der Waals surface area contributed by atoms with E-state index in [2.05, 4.69) is 20.4 Å². The van der Waals surface area contributed by atoms with Crippen LogP contribution in [0.1, 0.15) is 21.8 Å². The molecule has 0 amide bonds. The summed E-state index contributed by atoms with van der Waals surface area (Å²) in [6.07, 6.45) is 0.315. The number of nitriles is 1. The van der Waals surface area contributed by atoms with Gasteiger partial charge in [0.25, 0.3) is 0 Å². The number of thiazole rings is 1. The number of H-pyrrole nitrogens is 1. The third-order valence-electron chi connectivity index (χ3n) is 3.04. The number of halogens is 3. The van der Waals surface area contributed by atoms with E-state index in [-0.39, 0.29) is 5.69 Å². The largest absolute Gasteiger partial charge is 0.416 e. The fourth-order valence-corrected chi connectivity index (χ4v) is 2.75. The Bertz CT molecular complexity index is 933. The third kappa shape index (κ3) is 3.33. The van der Waals surface area contributed by atoms with Crippen LogP contribution in [0, 0.1) is 11.3 Å². The molecular weight excluding hydrogens is 339 g/mol. The zero-order valence-electron chi connectivity index (χ0n) is 11.9.